The number of primary amides is 1. The molecule has 3 nitrogen and oxygen atoms in total. The van der Waals surface area contributed by atoms with Gasteiger partial charge in [-0.2, -0.15) is 0 Å². The topological polar surface area (TPSA) is 60.2 Å². The van der Waals surface area contributed by atoms with E-state index in [-0.39, 0.29) is 11.7 Å². The van der Waals surface area contributed by atoms with Gasteiger partial charge in [-0.15, -0.1) is 0 Å². The molecule has 2 N–H and O–H groups in total. The first kappa shape index (κ1) is 9.23. The lowest BCUT2D eigenvalue weighted by Gasteiger charge is -2.33. The highest BCUT2D eigenvalue weighted by molar-refractivity contribution is 5.96. The Labute approximate surface area is 72.3 Å². The number of hydrogen-bond acceptors (Lipinski definition) is 2. The van der Waals surface area contributed by atoms with Crippen LogP contribution in [-0.2, 0) is 9.59 Å². The van der Waals surface area contributed by atoms with Crippen LogP contribution in [0.15, 0.2) is 0 Å². The molecule has 0 aromatic carbocycles. The van der Waals surface area contributed by atoms with E-state index in [4.69, 9.17) is 5.73 Å². The summed E-state index contributed by atoms with van der Waals surface area (Å²) in [5.41, 5.74) is 4.05. The van der Waals surface area contributed by atoms with E-state index in [1.54, 1.807) is 20.8 Å². The van der Waals surface area contributed by atoms with Gasteiger partial charge in [-0.3, -0.25) is 9.59 Å². The number of ketones is 1. The lowest BCUT2D eigenvalue weighted by atomic mass is 9.68. The van der Waals surface area contributed by atoms with E-state index >= 15 is 0 Å². The molecule has 1 fully saturated rings. The molecule has 0 aromatic rings. The summed E-state index contributed by atoms with van der Waals surface area (Å²) in [5, 5.41) is 0. The first-order chi connectivity index (χ1) is 5.32. The second-order valence-electron chi connectivity index (χ2n) is 4.24. The highest BCUT2D eigenvalue weighted by atomic mass is 16.2. The first-order valence-electron chi connectivity index (χ1n) is 4.15. The quantitative estimate of drug-likeness (QED) is 0.633. The molecule has 3 heteroatoms. The molecule has 1 amide bonds. The van der Waals surface area contributed by atoms with E-state index in [1.165, 1.54) is 0 Å². The molecule has 1 rings (SSSR count). The molecule has 0 bridgehead atoms. The number of Topliss-reactive ketones (excluding diaryl/α,β-unsaturated/α-hetero) is 1. The molecule has 1 aliphatic rings. The van der Waals surface area contributed by atoms with Gasteiger partial charge in [0.05, 0.1) is 5.41 Å². The Morgan fingerprint density at radius 1 is 1.42 bits per heavy atom. The van der Waals surface area contributed by atoms with Crippen LogP contribution in [-0.4, -0.2) is 11.7 Å². The van der Waals surface area contributed by atoms with Crippen molar-refractivity contribution in [2.45, 2.75) is 33.6 Å². The Kier molecular flexibility index (Phi) is 1.78. The fourth-order valence-corrected chi connectivity index (χ4v) is 1.73. The lowest BCUT2D eigenvalue weighted by Crippen LogP contribution is -2.44. The van der Waals surface area contributed by atoms with Crippen LogP contribution >= 0.6 is 0 Å². The molecule has 0 heterocycles. The maximum Gasteiger partial charge on any atom is 0.224 e. The average molecular weight is 169 g/mol. The summed E-state index contributed by atoms with van der Waals surface area (Å²) in [6.45, 7) is 5.38. The third-order valence-corrected chi connectivity index (χ3v) is 3.47. The summed E-state index contributed by atoms with van der Waals surface area (Å²) in [5.74, 6) is -0.220. The summed E-state index contributed by atoms with van der Waals surface area (Å²) >= 11 is 0. The Morgan fingerprint density at radius 2 is 1.92 bits per heavy atom. The van der Waals surface area contributed by atoms with Crippen molar-refractivity contribution in [2.75, 3.05) is 0 Å². The molecule has 0 aliphatic heterocycles. The van der Waals surface area contributed by atoms with Gasteiger partial charge in [-0.25, -0.2) is 0 Å². The Hall–Kier alpha value is -0.860. The number of amides is 1. The van der Waals surface area contributed by atoms with Crippen LogP contribution in [0, 0.1) is 10.8 Å². The van der Waals surface area contributed by atoms with Crippen molar-refractivity contribution in [1.82, 2.24) is 0 Å². The highest BCUT2D eigenvalue weighted by Crippen LogP contribution is 2.49. The second kappa shape index (κ2) is 2.31. The van der Waals surface area contributed by atoms with Crippen LogP contribution in [0.1, 0.15) is 33.6 Å². The van der Waals surface area contributed by atoms with Crippen molar-refractivity contribution in [3.05, 3.63) is 0 Å². The monoisotopic (exact) mass is 169 g/mol. The van der Waals surface area contributed by atoms with Gasteiger partial charge in [0.1, 0.15) is 5.78 Å². The van der Waals surface area contributed by atoms with Crippen molar-refractivity contribution in [2.24, 2.45) is 16.6 Å². The summed E-state index contributed by atoms with van der Waals surface area (Å²) in [7, 11) is 0. The molecular weight excluding hydrogens is 154 g/mol. The van der Waals surface area contributed by atoms with Crippen LogP contribution in [0.2, 0.25) is 0 Å². The third kappa shape index (κ3) is 0.886. The van der Waals surface area contributed by atoms with Crippen molar-refractivity contribution in [3.8, 4) is 0 Å². The summed E-state index contributed by atoms with van der Waals surface area (Å²) in [6, 6.07) is 0. The number of hydrogen-bond donors (Lipinski definition) is 1. The van der Waals surface area contributed by atoms with Crippen LogP contribution in [0.3, 0.4) is 0 Å². The summed E-state index contributed by atoms with van der Waals surface area (Å²) in [4.78, 5) is 22.6. The number of rotatable bonds is 1. The minimum atomic E-state index is -0.649. The van der Waals surface area contributed by atoms with Crippen LogP contribution in [0.25, 0.3) is 0 Å². The van der Waals surface area contributed by atoms with Gasteiger partial charge in [-0.05, 0) is 13.3 Å². The van der Waals surface area contributed by atoms with Crippen molar-refractivity contribution < 1.29 is 9.59 Å². The van der Waals surface area contributed by atoms with Crippen molar-refractivity contribution in [1.29, 1.82) is 0 Å². The zero-order valence-electron chi connectivity index (χ0n) is 7.81. The molecule has 0 radical (unpaired) electrons. The zero-order valence-corrected chi connectivity index (χ0v) is 7.81. The average Bonchev–Trinajstić information content (AvgIpc) is 2.15. The van der Waals surface area contributed by atoms with Crippen LogP contribution < -0.4 is 5.73 Å². The smallest absolute Gasteiger partial charge is 0.224 e. The molecule has 1 unspecified atom stereocenters. The van der Waals surface area contributed by atoms with Crippen molar-refractivity contribution >= 4 is 11.7 Å². The molecule has 0 aromatic heterocycles. The summed E-state index contributed by atoms with van der Waals surface area (Å²) < 4.78 is 0. The molecule has 0 spiro atoms. The van der Waals surface area contributed by atoms with Gasteiger partial charge < -0.3 is 5.73 Å². The first-order valence-corrected chi connectivity index (χ1v) is 4.15. The van der Waals surface area contributed by atoms with E-state index in [1.807, 2.05) is 0 Å². The third-order valence-electron chi connectivity index (χ3n) is 3.47. The van der Waals surface area contributed by atoms with Crippen molar-refractivity contribution in [3.63, 3.8) is 0 Å². The van der Waals surface area contributed by atoms with E-state index < -0.39 is 10.8 Å². The van der Waals surface area contributed by atoms with Gasteiger partial charge in [0.25, 0.3) is 0 Å². The lowest BCUT2D eigenvalue weighted by molar-refractivity contribution is -0.138. The van der Waals surface area contributed by atoms with E-state index in [0.717, 1.165) is 0 Å². The predicted octanol–water partition coefficient (Wildman–Crippen LogP) is 0.867. The van der Waals surface area contributed by atoms with Gasteiger partial charge in [0.15, 0.2) is 0 Å². The van der Waals surface area contributed by atoms with Gasteiger partial charge in [0.2, 0.25) is 5.91 Å². The van der Waals surface area contributed by atoms with Gasteiger partial charge in [0, 0.05) is 11.8 Å². The molecule has 1 aliphatic carbocycles. The highest BCUT2D eigenvalue weighted by Gasteiger charge is 2.54. The number of carbonyl (C=O) groups is 2. The number of carbonyl (C=O) groups excluding carboxylic acids is 2. The number of nitrogens with two attached hydrogens (primary N) is 1. The largest absolute Gasteiger partial charge is 0.369 e. The predicted molar refractivity (Wildman–Crippen MR) is 45.3 cm³/mol. The fraction of sp³-hybridized carbons (Fsp3) is 0.778. The van der Waals surface area contributed by atoms with Crippen LogP contribution in [0.4, 0.5) is 0 Å². The maximum absolute atomic E-state index is 11.4. The molecule has 1 atom stereocenters. The van der Waals surface area contributed by atoms with Gasteiger partial charge >= 0.3 is 0 Å². The standard InChI is InChI=1S/C9H15NO2/c1-8(2)6(11)4-5-9(8,3)7(10)12/h4-5H2,1-3H3,(H2,10,12). The Bertz CT molecular complexity index is 245. The second-order valence-corrected chi connectivity index (χ2v) is 4.24. The molecule has 12 heavy (non-hydrogen) atoms. The molecular formula is C9H15NO2. The molecule has 68 valence electrons. The van der Waals surface area contributed by atoms with E-state index in [9.17, 15) is 9.59 Å². The maximum atomic E-state index is 11.4. The SMILES string of the molecule is CC1(C)C(=O)CCC1(C)C(N)=O. The minimum Gasteiger partial charge on any atom is -0.369 e. The minimum absolute atomic E-state index is 0.142. The molecule has 1 saturated carbocycles. The van der Waals surface area contributed by atoms with Crippen LogP contribution in [0.5, 0.6) is 0 Å². The van der Waals surface area contributed by atoms with Gasteiger partial charge in [-0.1, -0.05) is 13.8 Å². The normalized spacial score (nSPS) is 33.8. The fourth-order valence-electron chi connectivity index (χ4n) is 1.73. The Morgan fingerprint density at radius 3 is 2.08 bits per heavy atom. The Balaban J connectivity index is 3.10. The zero-order chi connectivity index (χ0) is 9.57. The van der Waals surface area contributed by atoms with E-state index in [2.05, 4.69) is 0 Å². The summed E-state index contributed by atoms with van der Waals surface area (Å²) in [6.07, 6.45) is 1.07. The van der Waals surface area contributed by atoms with E-state index in [0.29, 0.717) is 12.8 Å². The molecule has 0 saturated heterocycles.